The Labute approximate surface area is 67.6 Å². The van der Waals surface area contributed by atoms with Gasteiger partial charge in [0.05, 0.1) is 7.11 Å². The van der Waals surface area contributed by atoms with Crippen LogP contribution in [-0.4, -0.2) is 19.6 Å². The van der Waals surface area contributed by atoms with Crippen LogP contribution in [0.1, 0.15) is 6.92 Å². The highest BCUT2D eigenvalue weighted by molar-refractivity contribution is 5.85. The predicted octanol–water partition coefficient (Wildman–Crippen LogP) is 0.732. The molecular weight excluding hydrogens is 154 g/mol. The maximum absolute atomic E-state index is 9.84. The molecule has 10 heavy (non-hydrogen) atoms. The van der Waals surface area contributed by atoms with Crippen molar-refractivity contribution in [2.75, 3.05) is 13.7 Å². The van der Waals surface area contributed by atoms with E-state index in [0.29, 0.717) is 0 Å². The smallest absolute Gasteiger partial charge is 0.329 e. The Morgan fingerprint density at radius 2 is 2.10 bits per heavy atom. The van der Waals surface area contributed by atoms with Gasteiger partial charge in [0.1, 0.15) is 0 Å². The van der Waals surface area contributed by atoms with Gasteiger partial charge in [-0.25, -0.2) is 4.79 Å². The van der Waals surface area contributed by atoms with Gasteiger partial charge < -0.3 is 10.5 Å². The fraction of sp³-hybridized carbons (Fsp3) is 0.500. The van der Waals surface area contributed by atoms with Crippen molar-refractivity contribution < 1.29 is 9.53 Å². The molecule has 62 valence electrons. The maximum atomic E-state index is 9.84. The van der Waals surface area contributed by atoms with Gasteiger partial charge in [-0.2, -0.15) is 0 Å². The summed E-state index contributed by atoms with van der Waals surface area (Å²) in [6.07, 6.45) is 1.11. The highest BCUT2D eigenvalue weighted by atomic mass is 35.5. The third-order valence-corrected chi connectivity index (χ3v) is 0.368. The summed E-state index contributed by atoms with van der Waals surface area (Å²) in [5, 5.41) is 0. The second-order valence-electron chi connectivity index (χ2n) is 1.14. The number of carbonyl (C=O) groups is 1. The van der Waals surface area contributed by atoms with E-state index in [2.05, 4.69) is 11.3 Å². The van der Waals surface area contributed by atoms with Gasteiger partial charge in [0.2, 0.25) is 0 Å². The zero-order valence-corrected chi connectivity index (χ0v) is 7.11. The first-order chi connectivity index (χ1) is 4.22. The normalized spacial score (nSPS) is 5.90. The van der Waals surface area contributed by atoms with Crippen LogP contribution in [-0.2, 0) is 9.53 Å². The van der Waals surface area contributed by atoms with Gasteiger partial charge in [0.25, 0.3) is 0 Å². The zero-order chi connectivity index (χ0) is 7.70. The number of esters is 1. The molecule has 0 aromatic carbocycles. The molecule has 0 unspecified atom stereocenters. The lowest BCUT2D eigenvalue weighted by Gasteiger charge is -1.83. The van der Waals surface area contributed by atoms with Crippen molar-refractivity contribution in [3.8, 4) is 0 Å². The van der Waals surface area contributed by atoms with E-state index in [-0.39, 0.29) is 12.4 Å². The molecule has 0 aromatic rings. The second kappa shape index (κ2) is 15.8. The fourth-order valence-corrected chi connectivity index (χ4v) is 0.0833. The van der Waals surface area contributed by atoms with Gasteiger partial charge >= 0.3 is 5.97 Å². The monoisotopic (exact) mass is 167 g/mol. The quantitative estimate of drug-likeness (QED) is 0.463. The third-order valence-electron chi connectivity index (χ3n) is 0.368. The highest BCUT2D eigenvalue weighted by Crippen LogP contribution is 1.67. The van der Waals surface area contributed by atoms with Crippen LogP contribution in [0.2, 0.25) is 0 Å². The Kier molecular flexibility index (Phi) is 25.6. The summed E-state index contributed by atoms with van der Waals surface area (Å²) in [7, 11) is 1.31. The lowest BCUT2D eigenvalue weighted by molar-refractivity contribution is -0.134. The van der Waals surface area contributed by atoms with Crippen LogP contribution >= 0.6 is 12.4 Å². The average Bonchev–Trinajstić information content (AvgIpc) is 1.88. The second-order valence-corrected chi connectivity index (χ2v) is 1.14. The van der Waals surface area contributed by atoms with Gasteiger partial charge in [-0.15, -0.1) is 12.4 Å². The van der Waals surface area contributed by atoms with E-state index in [1.165, 1.54) is 7.11 Å². The summed E-state index contributed by atoms with van der Waals surface area (Å²) in [6, 6.07) is 0. The molecule has 0 aliphatic heterocycles. The third kappa shape index (κ3) is 26.0. The first-order valence-electron chi connectivity index (χ1n) is 2.63. The molecule has 0 radical (unpaired) electrons. The summed E-state index contributed by atoms with van der Waals surface area (Å²) >= 11 is 0. The zero-order valence-electron chi connectivity index (χ0n) is 6.29. The number of nitrogens with two attached hydrogens (primary N) is 1. The van der Waals surface area contributed by atoms with Crippen molar-refractivity contribution in [3.05, 3.63) is 12.7 Å². The van der Waals surface area contributed by atoms with E-state index in [9.17, 15) is 4.79 Å². The molecule has 2 N–H and O–H groups in total. The van der Waals surface area contributed by atoms with E-state index in [0.717, 1.165) is 12.6 Å². The first-order valence-corrected chi connectivity index (χ1v) is 2.63. The van der Waals surface area contributed by atoms with Gasteiger partial charge in [0, 0.05) is 6.08 Å². The fourth-order valence-electron chi connectivity index (χ4n) is 0.0833. The molecule has 0 aliphatic carbocycles. The molecule has 0 aromatic heterocycles. The minimum atomic E-state index is -0.394. The maximum Gasteiger partial charge on any atom is 0.329 e. The summed E-state index contributed by atoms with van der Waals surface area (Å²) in [5.74, 6) is -0.394. The van der Waals surface area contributed by atoms with Crippen LogP contribution in [0.15, 0.2) is 12.7 Å². The van der Waals surface area contributed by atoms with Crippen molar-refractivity contribution in [2.45, 2.75) is 6.92 Å². The van der Waals surface area contributed by atoms with E-state index >= 15 is 0 Å². The van der Waals surface area contributed by atoms with Crippen molar-refractivity contribution in [2.24, 2.45) is 5.73 Å². The number of rotatable bonds is 1. The summed E-state index contributed by atoms with van der Waals surface area (Å²) < 4.78 is 4.14. The predicted molar refractivity (Wildman–Crippen MR) is 44.2 cm³/mol. The van der Waals surface area contributed by atoms with E-state index in [4.69, 9.17) is 5.73 Å². The Hall–Kier alpha value is -0.540. The molecule has 0 aliphatic rings. The van der Waals surface area contributed by atoms with Gasteiger partial charge in [-0.1, -0.05) is 13.5 Å². The van der Waals surface area contributed by atoms with Crippen LogP contribution in [0, 0.1) is 0 Å². The Morgan fingerprint density at radius 3 is 2.10 bits per heavy atom. The number of hydrogen-bond acceptors (Lipinski definition) is 3. The van der Waals surface area contributed by atoms with Gasteiger partial charge in [0.15, 0.2) is 0 Å². The molecule has 0 amide bonds. The molecule has 0 spiro atoms. The average molecular weight is 168 g/mol. The minimum absolute atomic E-state index is 0. The molecule has 0 saturated carbocycles. The van der Waals surface area contributed by atoms with Crippen molar-refractivity contribution in [3.63, 3.8) is 0 Å². The molecule has 0 fully saturated rings. The van der Waals surface area contributed by atoms with Crippen molar-refractivity contribution in [1.82, 2.24) is 0 Å². The highest BCUT2D eigenvalue weighted by Gasteiger charge is 1.81. The summed E-state index contributed by atoms with van der Waals surface area (Å²) in [4.78, 5) is 9.84. The van der Waals surface area contributed by atoms with Crippen LogP contribution in [0.25, 0.3) is 0 Å². The number of ether oxygens (including phenoxy) is 1. The molecule has 0 rings (SSSR count). The Morgan fingerprint density at radius 1 is 1.80 bits per heavy atom. The van der Waals surface area contributed by atoms with E-state index in [1.807, 2.05) is 6.92 Å². The Balaban J connectivity index is -0.000000107. The standard InChI is InChI=1S/C4H6O2.C2H7N.ClH/c1-3-4(5)6-2;1-2-3;/h3H,1H2,2H3;2-3H2,1H3;1H. The van der Waals surface area contributed by atoms with Crippen molar-refractivity contribution >= 4 is 18.4 Å². The van der Waals surface area contributed by atoms with E-state index < -0.39 is 5.97 Å². The molecular formula is C6H14ClNO2. The number of halogens is 1. The molecule has 0 saturated heterocycles. The largest absolute Gasteiger partial charge is 0.466 e. The number of hydrogen-bond donors (Lipinski definition) is 1. The minimum Gasteiger partial charge on any atom is -0.466 e. The molecule has 3 nitrogen and oxygen atoms in total. The Bertz CT molecular complexity index is 85.8. The lowest BCUT2D eigenvalue weighted by atomic mass is 10.7. The topological polar surface area (TPSA) is 52.3 Å². The summed E-state index contributed by atoms with van der Waals surface area (Å²) in [6.45, 7) is 5.81. The number of carbonyl (C=O) groups excluding carboxylic acids is 1. The van der Waals surface area contributed by atoms with Crippen LogP contribution in [0.4, 0.5) is 0 Å². The molecule has 0 bridgehead atoms. The molecule has 0 heterocycles. The van der Waals surface area contributed by atoms with Gasteiger partial charge in [-0.3, -0.25) is 0 Å². The lowest BCUT2D eigenvalue weighted by Crippen LogP contribution is -1.91. The van der Waals surface area contributed by atoms with Crippen molar-refractivity contribution in [1.29, 1.82) is 0 Å². The van der Waals surface area contributed by atoms with Gasteiger partial charge in [-0.05, 0) is 6.54 Å². The number of methoxy groups -OCH3 is 1. The van der Waals surface area contributed by atoms with Crippen LogP contribution in [0.5, 0.6) is 0 Å². The van der Waals surface area contributed by atoms with E-state index in [1.54, 1.807) is 0 Å². The molecule has 0 atom stereocenters. The summed E-state index contributed by atoms with van der Waals surface area (Å²) in [5.41, 5.74) is 4.85. The van der Waals surface area contributed by atoms with Crippen LogP contribution < -0.4 is 5.73 Å². The first kappa shape index (κ1) is 16.2. The molecule has 4 heteroatoms. The SMILES string of the molecule is C=CC(=O)OC.CCN.Cl. The van der Waals surface area contributed by atoms with Crippen LogP contribution in [0.3, 0.4) is 0 Å².